The second-order valence-electron chi connectivity index (χ2n) is 7.08. The molecule has 0 aliphatic heterocycles. The van der Waals surface area contributed by atoms with Crippen LogP contribution in [0.15, 0.2) is 48.5 Å². The van der Waals surface area contributed by atoms with Crippen molar-refractivity contribution in [1.82, 2.24) is 10.2 Å². The van der Waals surface area contributed by atoms with Crippen LogP contribution in [0.4, 0.5) is 0 Å². The average molecular weight is 383 g/mol. The number of nitrogens with one attached hydrogen (secondary N) is 1. The summed E-state index contributed by atoms with van der Waals surface area (Å²) in [6, 6.07) is 14.9. The van der Waals surface area contributed by atoms with Gasteiger partial charge in [0.2, 0.25) is 5.91 Å². The van der Waals surface area contributed by atoms with E-state index in [1.165, 1.54) is 0 Å². The fourth-order valence-corrected chi connectivity index (χ4v) is 2.92. The molecule has 0 radical (unpaired) electrons. The van der Waals surface area contributed by atoms with Crippen molar-refractivity contribution >= 4 is 11.8 Å². The maximum absolute atomic E-state index is 12.9. The van der Waals surface area contributed by atoms with Crippen LogP contribution < -0.4 is 10.1 Å². The second kappa shape index (κ2) is 10.5. The average Bonchev–Trinajstić information content (AvgIpc) is 2.68. The van der Waals surface area contributed by atoms with Gasteiger partial charge < -0.3 is 15.0 Å². The number of nitrogens with zero attached hydrogens (tertiary/aromatic N) is 1. The summed E-state index contributed by atoms with van der Waals surface area (Å²) in [6.45, 7) is 8.57. The number of rotatable bonds is 9. The Bertz CT molecular complexity index is 804. The monoisotopic (exact) mass is 382 g/mol. The Hall–Kier alpha value is -2.82. The van der Waals surface area contributed by atoms with Crippen LogP contribution >= 0.6 is 0 Å². The normalized spacial score (nSPS) is 11.6. The highest BCUT2D eigenvalue weighted by Gasteiger charge is 2.26. The van der Waals surface area contributed by atoms with Crippen LogP contribution in [-0.2, 0) is 16.1 Å². The summed E-state index contributed by atoms with van der Waals surface area (Å²) in [5, 5.41) is 2.87. The predicted molar refractivity (Wildman–Crippen MR) is 111 cm³/mol. The third-order valence-electron chi connectivity index (χ3n) is 4.50. The van der Waals surface area contributed by atoms with Crippen molar-refractivity contribution in [1.29, 1.82) is 0 Å². The predicted octanol–water partition coefficient (Wildman–Crippen LogP) is 3.63. The Kier molecular flexibility index (Phi) is 8.05. The Morgan fingerprint density at radius 2 is 1.75 bits per heavy atom. The van der Waals surface area contributed by atoms with Gasteiger partial charge in [0.15, 0.2) is 6.61 Å². The van der Waals surface area contributed by atoms with Gasteiger partial charge in [-0.1, -0.05) is 48.9 Å². The van der Waals surface area contributed by atoms with E-state index >= 15 is 0 Å². The molecule has 28 heavy (non-hydrogen) atoms. The molecule has 5 nitrogen and oxygen atoms in total. The third-order valence-corrected chi connectivity index (χ3v) is 4.50. The molecule has 1 unspecified atom stereocenters. The van der Waals surface area contributed by atoms with E-state index in [2.05, 4.69) is 5.32 Å². The molecule has 0 bridgehead atoms. The van der Waals surface area contributed by atoms with Gasteiger partial charge in [-0.25, -0.2) is 0 Å². The number of hydrogen-bond acceptors (Lipinski definition) is 3. The van der Waals surface area contributed by atoms with E-state index in [0.717, 1.165) is 23.1 Å². The number of ether oxygens (including phenoxy) is 1. The maximum Gasteiger partial charge on any atom is 0.261 e. The van der Waals surface area contributed by atoms with Crippen molar-refractivity contribution in [3.8, 4) is 5.75 Å². The first kappa shape index (κ1) is 21.5. The lowest BCUT2D eigenvalue weighted by atomic mass is 10.1. The largest absolute Gasteiger partial charge is 0.484 e. The van der Waals surface area contributed by atoms with E-state index in [0.29, 0.717) is 18.8 Å². The molecule has 1 atom stereocenters. The second-order valence-corrected chi connectivity index (χ2v) is 7.08. The summed E-state index contributed by atoms with van der Waals surface area (Å²) in [4.78, 5) is 27.0. The van der Waals surface area contributed by atoms with Crippen molar-refractivity contribution in [3.05, 3.63) is 65.2 Å². The Morgan fingerprint density at radius 3 is 2.39 bits per heavy atom. The number of carbonyl (C=O) groups excluding carboxylic acids is 2. The van der Waals surface area contributed by atoms with Gasteiger partial charge in [-0.2, -0.15) is 0 Å². The van der Waals surface area contributed by atoms with Crippen LogP contribution in [0.25, 0.3) is 0 Å². The van der Waals surface area contributed by atoms with Gasteiger partial charge in [-0.3, -0.25) is 9.59 Å². The lowest BCUT2D eigenvalue weighted by Gasteiger charge is -2.29. The van der Waals surface area contributed by atoms with Gasteiger partial charge in [0.1, 0.15) is 11.8 Å². The molecule has 1 N–H and O–H groups in total. The van der Waals surface area contributed by atoms with Gasteiger partial charge in [0.05, 0.1) is 0 Å². The number of amides is 2. The van der Waals surface area contributed by atoms with Crippen LogP contribution in [0.2, 0.25) is 0 Å². The molecular formula is C23H30N2O3. The molecule has 0 aliphatic carbocycles. The minimum Gasteiger partial charge on any atom is -0.484 e. The summed E-state index contributed by atoms with van der Waals surface area (Å²) in [5.41, 5.74) is 3.16. The van der Waals surface area contributed by atoms with Crippen molar-refractivity contribution in [2.24, 2.45) is 0 Å². The fourth-order valence-electron chi connectivity index (χ4n) is 2.92. The molecule has 0 spiro atoms. The van der Waals surface area contributed by atoms with E-state index in [9.17, 15) is 9.59 Å². The van der Waals surface area contributed by atoms with Crippen LogP contribution in [0.5, 0.6) is 5.75 Å². The quantitative estimate of drug-likeness (QED) is 0.721. The first-order valence-electron chi connectivity index (χ1n) is 9.73. The summed E-state index contributed by atoms with van der Waals surface area (Å²) in [7, 11) is 0. The van der Waals surface area contributed by atoms with Crippen molar-refractivity contribution in [2.45, 2.75) is 46.7 Å². The highest BCUT2D eigenvalue weighted by atomic mass is 16.5. The van der Waals surface area contributed by atoms with E-state index in [1.54, 1.807) is 11.8 Å². The zero-order valence-corrected chi connectivity index (χ0v) is 17.2. The van der Waals surface area contributed by atoms with Crippen molar-refractivity contribution in [2.75, 3.05) is 13.2 Å². The van der Waals surface area contributed by atoms with Crippen molar-refractivity contribution in [3.63, 3.8) is 0 Å². The van der Waals surface area contributed by atoms with E-state index < -0.39 is 6.04 Å². The summed E-state index contributed by atoms with van der Waals surface area (Å²) < 4.78 is 5.68. The Labute approximate surface area is 167 Å². The lowest BCUT2D eigenvalue weighted by Crippen LogP contribution is -2.49. The molecule has 0 saturated heterocycles. The van der Waals surface area contributed by atoms with Crippen LogP contribution in [0, 0.1) is 13.8 Å². The summed E-state index contributed by atoms with van der Waals surface area (Å²) in [6.07, 6.45) is 0.848. The third kappa shape index (κ3) is 6.41. The summed E-state index contributed by atoms with van der Waals surface area (Å²) in [5.74, 6) is 0.271. The molecule has 5 heteroatoms. The van der Waals surface area contributed by atoms with Gasteiger partial charge in [-0.05, 0) is 50.5 Å². The zero-order chi connectivity index (χ0) is 20.5. The SMILES string of the molecule is CCCNC(=O)C(C)N(Cc1cccc(C)c1)C(=O)COc1cccc(C)c1. The maximum atomic E-state index is 12.9. The smallest absolute Gasteiger partial charge is 0.261 e. The zero-order valence-electron chi connectivity index (χ0n) is 17.2. The molecule has 0 heterocycles. The lowest BCUT2D eigenvalue weighted by molar-refractivity contribution is -0.142. The van der Waals surface area contributed by atoms with E-state index in [4.69, 9.17) is 4.74 Å². The Balaban J connectivity index is 2.13. The molecular weight excluding hydrogens is 352 g/mol. The minimum atomic E-state index is -0.583. The van der Waals surface area contributed by atoms with E-state index in [-0.39, 0.29) is 18.4 Å². The standard InChI is InChI=1S/C23H30N2O3/c1-5-12-24-23(27)19(4)25(15-20-10-6-8-17(2)13-20)22(26)16-28-21-11-7-9-18(3)14-21/h6-11,13-14,19H,5,12,15-16H2,1-4H3,(H,24,27). The van der Waals surface area contributed by atoms with Gasteiger partial charge in [0, 0.05) is 13.1 Å². The number of aryl methyl sites for hydroxylation is 2. The van der Waals surface area contributed by atoms with Crippen LogP contribution in [-0.4, -0.2) is 35.9 Å². The highest BCUT2D eigenvalue weighted by Crippen LogP contribution is 2.15. The molecule has 150 valence electrons. The Morgan fingerprint density at radius 1 is 1.07 bits per heavy atom. The molecule has 0 aromatic heterocycles. The number of benzene rings is 2. The fraction of sp³-hybridized carbons (Fsp3) is 0.391. The van der Waals surface area contributed by atoms with E-state index in [1.807, 2.05) is 69.3 Å². The molecule has 0 fully saturated rings. The molecule has 2 aromatic carbocycles. The number of hydrogen-bond donors (Lipinski definition) is 1. The van der Waals surface area contributed by atoms with Crippen LogP contribution in [0.1, 0.15) is 37.0 Å². The molecule has 0 aliphatic rings. The van der Waals surface area contributed by atoms with Gasteiger partial charge in [0.25, 0.3) is 5.91 Å². The first-order chi connectivity index (χ1) is 13.4. The minimum absolute atomic E-state index is 0.110. The van der Waals surface area contributed by atoms with Gasteiger partial charge >= 0.3 is 0 Å². The molecule has 2 aromatic rings. The highest BCUT2D eigenvalue weighted by molar-refractivity contribution is 5.87. The first-order valence-corrected chi connectivity index (χ1v) is 9.73. The van der Waals surface area contributed by atoms with Gasteiger partial charge in [-0.15, -0.1) is 0 Å². The number of carbonyl (C=O) groups is 2. The topological polar surface area (TPSA) is 58.6 Å². The molecule has 2 rings (SSSR count). The molecule has 0 saturated carbocycles. The molecule has 2 amide bonds. The van der Waals surface area contributed by atoms with Crippen LogP contribution in [0.3, 0.4) is 0 Å². The summed E-state index contributed by atoms with van der Waals surface area (Å²) >= 11 is 0. The van der Waals surface area contributed by atoms with Crippen molar-refractivity contribution < 1.29 is 14.3 Å².